The fourth-order valence-corrected chi connectivity index (χ4v) is 7.41. The zero-order valence-corrected chi connectivity index (χ0v) is 27.0. The number of phenolic OH excluding ortho intramolecular Hbond substituents is 1. The zero-order valence-electron chi connectivity index (χ0n) is 27.0. The fraction of sp³-hybridized carbons (Fsp3) is 0.571. The van der Waals surface area contributed by atoms with E-state index in [2.05, 4.69) is 57.1 Å². The van der Waals surface area contributed by atoms with Crippen molar-refractivity contribution in [1.82, 2.24) is 10.2 Å². The number of nitrogens with one attached hydrogen (secondary N) is 1. The van der Waals surface area contributed by atoms with Crippen molar-refractivity contribution in [2.45, 2.75) is 104 Å². The van der Waals surface area contributed by atoms with Crippen LogP contribution in [-0.2, 0) is 20.9 Å². The van der Waals surface area contributed by atoms with Gasteiger partial charge in [-0.3, -0.25) is 14.7 Å². The molecule has 7 nitrogen and oxygen atoms in total. The average Bonchev–Trinajstić information content (AvgIpc) is 3.15. The Hall–Kier alpha value is -3.35. The number of hydrogen-bond acceptors (Lipinski definition) is 7. The highest BCUT2D eigenvalue weighted by Gasteiger charge is 2.72. The molecule has 2 bridgehead atoms. The highest BCUT2D eigenvalue weighted by molar-refractivity contribution is 5.98. The van der Waals surface area contributed by atoms with E-state index in [1.165, 1.54) is 30.5 Å². The summed E-state index contributed by atoms with van der Waals surface area (Å²) in [5.74, 6) is 1.22. The lowest BCUT2D eigenvalue weighted by Gasteiger charge is -2.73. The lowest BCUT2D eigenvalue weighted by Crippen LogP contribution is -2.77. The number of aliphatic imine (C=N–C) groups is 1. The fourth-order valence-electron chi connectivity index (χ4n) is 7.41. The van der Waals surface area contributed by atoms with E-state index < -0.39 is 5.82 Å². The molecular weight excluding hydrogens is 545 g/mol. The molecule has 43 heavy (non-hydrogen) atoms. The van der Waals surface area contributed by atoms with Crippen molar-refractivity contribution in [2.24, 2.45) is 21.7 Å². The maximum atomic E-state index is 13.6. The second kappa shape index (κ2) is 13.1. The molecule has 2 aromatic carbocycles. The van der Waals surface area contributed by atoms with E-state index in [9.17, 15) is 14.3 Å². The van der Waals surface area contributed by atoms with E-state index in [1.54, 1.807) is 13.0 Å². The van der Waals surface area contributed by atoms with Crippen LogP contribution in [0.1, 0.15) is 84.8 Å². The number of rotatable bonds is 5. The number of ketones is 1. The van der Waals surface area contributed by atoms with E-state index in [1.807, 2.05) is 32.0 Å². The zero-order chi connectivity index (χ0) is 32.2. The highest BCUT2D eigenvalue weighted by Crippen LogP contribution is 2.70. The maximum Gasteiger partial charge on any atom is 0.373 e. The Morgan fingerprint density at radius 2 is 1.63 bits per heavy atom. The number of carbonyl (C=O) groups excluding carboxylic acids is 3. The molecule has 0 spiro atoms. The largest absolute Gasteiger partial charge is 0.505 e. The molecule has 1 aliphatic heterocycles. The Labute approximate surface area is 256 Å². The van der Waals surface area contributed by atoms with Crippen LogP contribution in [0.3, 0.4) is 0 Å². The van der Waals surface area contributed by atoms with Gasteiger partial charge in [0.05, 0.1) is 5.54 Å². The van der Waals surface area contributed by atoms with Gasteiger partial charge in [0.15, 0.2) is 17.3 Å². The van der Waals surface area contributed by atoms with Crippen LogP contribution in [0, 0.1) is 29.5 Å². The van der Waals surface area contributed by atoms with Crippen LogP contribution < -0.4 is 5.32 Å². The third kappa shape index (κ3) is 7.98. The third-order valence-electron chi connectivity index (χ3n) is 9.26. The number of nitrogens with zero attached hydrogens (tertiary/aromatic N) is 2. The lowest BCUT2D eigenvalue weighted by molar-refractivity contribution is -0.191. The molecule has 5 aliphatic rings. The summed E-state index contributed by atoms with van der Waals surface area (Å²) in [6, 6.07) is 14.5. The van der Waals surface area contributed by atoms with Gasteiger partial charge >= 0.3 is 6.15 Å². The maximum absolute atomic E-state index is 13.6. The number of Topliss-reactive ketones (excluding diaryl/α,β-unsaturated/α-hetero) is 1. The van der Waals surface area contributed by atoms with Gasteiger partial charge < -0.3 is 10.4 Å². The van der Waals surface area contributed by atoms with Crippen LogP contribution in [0.2, 0.25) is 0 Å². The lowest BCUT2D eigenvalue weighted by atomic mass is 9.38. The Kier molecular flexibility index (Phi) is 10.4. The van der Waals surface area contributed by atoms with Gasteiger partial charge in [-0.15, -0.1) is 0 Å². The minimum absolute atomic E-state index is 0.0793. The molecule has 0 radical (unpaired) electrons. The molecule has 0 aromatic heterocycles. The Morgan fingerprint density at radius 3 is 2.00 bits per heavy atom. The van der Waals surface area contributed by atoms with Crippen LogP contribution in [0.25, 0.3) is 0 Å². The first-order valence-corrected chi connectivity index (χ1v) is 15.0. The first-order chi connectivity index (χ1) is 20.0. The van der Waals surface area contributed by atoms with Crippen LogP contribution >= 0.6 is 0 Å². The smallest absolute Gasteiger partial charge is 0.373 e. The number of aryl methyl sites for hydroxylation is 1. The summed E-state index contributed by atoms with van der Waals surface area (Å²) in [4.78, 5) is 35.1. The molecule has 4 fully saturated rings. The molecule has 0 amide bonds. The van der Waals surface area contributed by atoms with Gasteiger partial charge in [-0.25, -0.2) is 4.39 Å². The van der Waals surface area contributed by atoms with E-state index in [4.69, 9.17) is 14.6 Å². The quantitative estimate of drug-likeness (QED) is 0.412. The topological polar surface area (TPSA) is 99.1 Å². The van der Waals surface area contributed by atoms with Gasteiger partial charge in [0.25, 0.3) is 0 Å². The predicted octanol–water partition coefficient (Wildman–Crippen LogP) is 6.48. The summed E-state index contributed by atoms with van der Waals surface area (Å²) < 4.78 is 13.6. The van der Waals surface area contributed by atoms with Gasteiger partial charge in [-0.05, 0) is 95.9 Å². The van der Waals surface area contributed by atoms with Crippen molar-refractivity contribution < 1.29 is 23.9 Å². The van der Waals surface area contributed by atoms with Crippen LogP contribution in [0.5, 0.6) is 5.75 Å². The second-order valence-electron chi connectivity index (χ2n) is 14.4. The summed E-state index contributed by atoms with van der Waals surface area (Å²) in [6.07, 6.45) is 6.18. The van der Waals surface area contributed by atoms with E-state index in [0.29, 0.717) is 12.0 Å². The molecule has 4 saturated carbocycles. The molecule has 8 heteroatoms. The Bertz CT molecular complexity index is 1320. The molecule has 0 saturated heterocycles. The normalized spacial score (nSPS) is 26.9. The number of benzene rings is 2. The molecule has 2 aromatic rings. The van der Waals surface area contributed by atoms with Gasteiger partial charge in [0.2, 0.25) is 0 Å². The number of carbonyl (C=O) groups is 1. The Balaban J connectivity index is 0.000000241. The molecule has 4 aliphatic carbocycles. The van der Waals surface area contributed by atoms with Gasteiger partial charge in [-0.1, -0.05) is 62.7 Å². The highest BCUT2D eigenvalue weighted by atomic mass is 19.1. The number of amidine groups is 1. The number of halogens is 1. The van der Waals surface area contributed by atoms with Crippen molar-refractivity contribution in [3.63, 3.8) is 0 Å². The molecular formula is C35H48FN3O4. The first kappa shape index (κ1) is 34.1. The van der Waals surface area contributed by atoms with E-state index in [-0.39, 0.29) is 40.2 Å². The second-order valence-corrected chi connectivity index (χ2v) is 14.4. The SMILES string of the molecule is CC(=O)[C@@H]1N=C(C23CC(N(C)Cc4ccc(O)c(F)c4)(C2)C3)NC1(C)C.CC1CC(C)(C)C1.Cc1ccccc1.O=C=O. The summed E-state index contributed by atoms with van der Waals surface area (Å²) in [5.41, 5.74) is 2.77. The molecule has 1 heterocycles. The first-order valence-electron chi connectivity index (χ1n) is 15.0. The van der Waals surface area contributed by atoms with Gasteiger partial charge in [0.1, 0.15) is 11.9 Å². The van der Waals surface area contributed by atoms with Crippen molar-refractivity contribution in [1.29, 1.82) is 0 Å². The third-order valence-corrected chi connectivity index (χ3v) is 9.26. The summed E-state index contributed by atoms with van der Waals surface area (Å²) in [6.45, 7) is 15.4. The molecule has 2 N–H and O–H groups in total. The summed E-state index contributed by atoms with van der Waals surface area (Å²) in [5, 5.41) is 12.8. The van der Waals surface area contributed by atoms with Crippen LogP contribution in [-0.4, -0.2) is 51.9 Å². The van der Waals surface area contributed by atoms with Crippen molar-refractivity contribution in [3.05, 3.63) is 65.5 Å². The average molecular weight is 594 g/mol. The van der Waals surface area contributed by atoms with Gasteiger partial charge in [-0.2, -0.15) is 9.59 Å². The standard InChI is InChI=1S/C20H26FN3O2.C7H14.C7H8.CO2/c1-12(25)16-18(2,3)23-17(22-16)19-9-20(10-19,11-19)24(4)8-13-5-6-15(26)14(21)7-13;1-6-4-7(2,3)5-6;1-7-5-3-2-4-6-7;2-1-3/h5-7,16,26H,8-11H2,1-4H3,(H,22,23);6H,4-5H2,1-3H3;2-6H,1H3;/t16-,19?,20?;;;/m0.../s1. The van der Waals surface area contributed by atoms with E-state index >= 15 is 0 Å². The molecule has 7 rings (SSSR count). The van der Waals surface area contributed by atoms with Crippen molar-refractivity contribution in [2.75, 3.05) is 7.05 Å². The summed E-state index contributed by atoms with van der Waals surface area (Å²) in [7, 11) is 2.07. The minimum Gasteiger partial charge on any atom is -0.505 e. The summed E-state index contributed by atoms with van der Waals surface area (Å²) >= 11 is 0. The number of phenols is 1. The van der Waals surface area contributed by atoms with Gasteiger partial charge in [0, 0.05) is 17.5 Å². The minimum atomic E-state index is -0.577. The van der Waals surface area contributed by atoms with Crippen molar-refractivity contribution >= 4 is 17.8 Å². The van der Waals surface area contributed by atoms with Crippen LogP contribution in [0.4, 0.5) is 4.39 Å². The molecule has 0 unspecified atom stereocenters. The monoisotopic (exact) mass is 593 g/mol. The van der Waals surface area contributed by atoms with Crippen LogP contribution in [0.15, 0.2) is 53.5 Å². The number of aromatic hydroxyl groups is 1. The van der Waals surface area contributed by atoms with Crippen molar-refractivity contribution in [3.8, 4) is 5.75 Å². The molecule has 234 valence electrons. The number of hydrogen-bond donors (Lipinski definition) is 2. The predicted molar refractivity (Wildman–Crippen MR) is 166 cm³/mol. The molecule has 1 atom stereocenters. The Morgan fingerprint density at radius 1 is 1.07 bits per heavy atom. The van der Waals surface area contributed by atoms with E-state index in [0.717, 1.165) is 36.6 Å².